The number of benzene rings is 1. The van der Waals surface area contributed by atoms with Crippen LogP contribution in [0, 0.1) is 5.92 Å². The van der Waals surface area contributed by atoms with Crippen molar-refractivity contribution in [3.8, 4) is 0 Å². The first-order chi connectivity index (χ1) is 10.2. The molecule has 0 radical (unpaired) electrons. The minimum Gasteiger partial charge on any atom is -0.382 e. The monoisotopic (exact) mass is 287 g/mol. The molecule has 1 heterocycles. The summed E-state index contributed by atoms with van der Waals surface area (Å²) in [6, 6.07) is 10.2. The van der Waals surface area contributed by atoms with Gasteiger partial charge in [0.05, 0.1) is 0 Å². The molecule has 21 heavy (non-hydrogen) atoms. The Morgan fingerprint density at radius 2 is 2.00 bits per heavy atom. The molecule has 3 atom stereocenters. The van der Waals surface area contributed by atoms with Gasteiger partial charge in [-0.3, -0.25) is 0 Å². The van der Waals surface area contributed by atoms with Crippen molar-refractivity contribution in [2.45, 2.75) is 50.6 Å². The van der Waals surface area contributed by atoms with Gasteiger partial charge in [0, 0.05) is 37.6 Å². The molecule has 1 aliphatic carbocycles. The first-order valence-electron chi connectivity index (χ1n) is 8.51. The van der Waals surface area contributed by atoms with E-state index < -0.39 is 0 Å². The largest absolute Gasteiger partial charge is 0.382 e. The Labute approximate surface area is 129 Å². The Balaban J connectivity index is 1.66. The van der Waals surface area contributed by atoms with Crippen LogP contribution in [0.5, 0.6) is 0 Å². The fourth-order valence-electron chi connectivity index (χ4n) is 3.98. The van der Waals surface area contributed by atoms with Gasteiger partial charge in [-0.15, -0.1) is 0 Å². The fraction of sp³-hybridized carbons (Fsp3) is 0.667. The van der Waals surface area contributed by atoms with Crippen LogP contribution in [0.4, 0.5) is 11.4 Å². The van der Waals surface area contributed by atoms with E-state index in [0.29, 0.717) is 6.04 Å². The smallest absolute Gasteiger partial charge is 0.0381 e. The summed E-state index contributed by atoms with van der Waals surface area (Å²) in [5.41, 5.74) is 2.54. The van der Waals surface area contributed by atoms with Gasteiger partial charge in [-0.1, -0.05) is 18.9 Å². The molecule has 1 aromatic carbocycles. The molecule has 1 saturated carbocycles. The summed E-state index contributed by atoms with van der Waals surface area (Å²) in [6.07, 6.45) is 8.18. The zero-order valence-corrected chi connectivity index (χ0v) is 13.4. The maximum Gasteiger partial charge on any atom is 0.0381 e. The van der Waals surface area contributed by atoms with E-state index in [0.717, 1.165) is 12.0 Å². The van der Waals surface area contributed by atoms with Crippen molar-refractivity contribution in [1.29, 1.82) is 0 Å². The van der Waals surface area contributed by atoms with Gasteiger partial charge in [-0.25, -0.2) is 0 Å². The highest BCUT2D eigenvalue weighted by molar-refractivity contribution is 5.57. The molecule has 0 bridgehead atoms. The molecule has 0 aromatic heterocycles. The van der Waals surface area contributed by atoms with Crippen LogP contribution < -0.4 is 15.5 Å². The second kappa shape index (κ2) is 6.69. The van der Waals surface area contributed by atoms with Crippen molar-refractivity contribution in [2.24, 2.45) is 5.92 Å². The summed E-state index contributed by atoms with van der Waals surface area (Å²) in [6.45, 7) is 1.21. The normalized spacial score (nSPS) is 29.3. The highest BCUT2D eigenvalue weighted by Crippen LogP contribution is 2.34. The Morgan fingerprint density at radius 3 is 2.76 bits per heavy atom. The number of rotatable bonds is 4. The van der Waals surface area contributed by atoms with Crippen LogP contribution in [0.15, 0.2) is 24.3 Å². The Kier molecular flexibility index (Phi) is 4.69. The zero-order chi connectivity index (χ0) is 14.7. The van der Waals surface area contributed by atoms with Gasteiger partial charge in [-0.2, -0.15) is 0 Å². The van der Waals surface area contributed by atoms with Crippen LogP contribution in [-0.4, -0.2) is 32.7 Å². The molecule has 2 N–H and O–H groups in total. The van der Waals surface area contributed by atoms with Crippen molar-refractivity contribution >= 4 is 11.4 Å². The molecule has 116 valence electrons. The van der Waals surface area contributed by atoms with E-state index in [-0.39, 0.29) is 0 Å². The van der Waals surface area contributed by atoms with Gasteiger partial charge in [0.2, 0.25) is 0 Å². The molecule has 3 unspecified atom stereocenters. The SMILES string of the molecule is CN(C)c1cccc(NC2CCCC2C2CCCCN2)c1. The Hall–Kier alpha value is -1.22. The van der Waals surface area contributed by atoms with E-state index in [1.165, 1.54) is 56.4 Å². The van der Waals surface area contributed by atoms with E-state index in [1.807, 2.05) is 0 Å². The van der Waals surface area contributed by atoms with Crippen LogP contribution >= 0.6 is 0 Å². The summed E-state index contributed by atoms with van der Waals surface area (Å²) in [4.78, 5) is 2.17. The van der Waals surface area contributed by atoms with Crippen molar-refractivity contribution in [2.75, 3.05) is 30.9 Å². The van der Waals surface area contributed by atoms with Crippen LogP contribution in [0.25, 0.3) is 0 Å². The molecule has 2 fully saturated rings. The van der Waals surface area contributed by atoms with E-state index in [4.69, 9.17) is 0 Å². The Morgan fingerprint density at radius 1 is 1.10 bits per heavy atom. The maximum absolute atomic E-state index is 3.82. The number of hydrogen-bond donors (Lipinski definition) is 2. The third-order valence-electron chi connectivity index (χ3n) is 5.15. The number of hydrogen-bond acceptors (Lipinski definition) is 3. The fourth-order valence-corrected chi connectivity index (χ4v) is 3.98. The van der Waals surface area contributed by atoms with Crippen molar-refractivity contribution in [1.82, 2.24) is 5.32 Å². The quantitative estimate of drug-likeness (QED) is 0.888. The molecule has 1 aliphatic heterocycles. The molecule has 3 rings (SSSR count). The highest BCUT2D eigenvalue weighted by Gasteiger charge is 2.34. The lowest BCUT2D eigenvalue weighted by Crippen LogP contribution is -2.44. The first-order valence-corrected chi connectivity index (χ1v) is 8.51. The van der Waals surface area contributed by atoms with Crippen molar-refractivity contribution in [3.05, 3.63) is 24.3 Å². The minimum atomic E-state index is 0.637. The predicted octanol–water partition coefficient (Wildman–Crippen LogP) is 3.48. The van der Waals surface area contributed by atoms with Crippen LogP contribution in [0.3, 0.4) is 0 Å². The minimum absolute atomic E-state index is 0.637. The molecule has 3 nitrogen and oxygen atoms in total. The van der Waals surface area contributed by atoms with Gasteiger partial charge in [-0.05, 0) is 56.3 Å². The van der Waals surface area contributed by atoms with Gasteiger partial charge >= 0.3 is 0 Å². The van der Waals surface area contributed by atoms with E-state index in [1.54, 1.807) is 0 Å². The van der Waals surface area contributed by atoms with Crippen LogP contribution in [0.1, 0.15) is 38.5 Å². The molecular weight excluding hydrogens is 258 g/mol. The number of nitrogens with zero attached hydrogens (tertiary/aromatic N) is 1. The second-order valence-electron chi connectivity index (χ2n) is 6.85. The number of piperidine rings is 1. The molecule has 3 heteroatoms. The van der Waals surface area contributed by atoms with Crippen molar-refractivity contribution < 1.29 is 0 Å². The van der Waals surface area contributed by atoms with Gasteiger partial charge in [0.1, 0.15) is 0 Å². The van der Waals surface area contributed by atoms with Gasteiger partial charge in [0.25, 0.3) is 0 Å². The van der Waals surface area contributed by atoms with Gasteiger partial charge in [0.15, 0.2) is 0 Å². The van der Waals surface area contributed by atoms with E-state index in [9.17, 15) is 0 Å². The Bertz CT molecular complexity index is 452. The highest BCUT2D eigenvalue weighted by atomic mass is 15.1. The molecule has 0 amide bonds. The standard InChI is InChI=1S/C18H29N3/c1-21(2)15-8-5-7-14(13-15)20-18-11-6-9-16(18)17-10-3-4-12-19-17/h5,7-8,13,16-20H,3-4,6,9-12H2,1-2H3. The average molecular weight is 287 g/mol. The lowest BCUT2D eigenvalue weighted by atomic mass is 9.88. The molecule has 1 aromatic rings. The zero-order valence-electron chi connectivity index (χ0n) is 13.4. The molecule has 1 saturated heterocycles. The molecule has 0 spiro atoms. The summed E-state index contributed by atoms with van der Waals surface area (Å²) in [5.74, 6) is 0.799. The second-order valence-corrected chi connectivity index (χ2v) is 6.85. The van der Waals surface area contributed by atoms with Crippen molar-refractivity contribution in [3.63, 3.8) is 0 Å². The summed E-state index contributed by atoms with van der Waals surface area (Å²) in [7, 11) is 4.20. The predicted molar refractivity (Wildman–Crippen MR) is 91.2 cm³/mol. The van der Waals surface area contributed by atoms with Crippen LogP contribution in [-0.2, 0) is 0 Å². The molecular formula is C18H29N3. The first kappa shape index (κ1) is 14.7. The lowest BCUT2D eigenvalue weighted by Gasteiger charge is -2.33. The summed E-state index contributed by atoms with van der Waals surface area (Å²) >= 11 is 0. The molecule has 2 aliphatic rings. The van der Waals surface area contributed by atoms with E-state index >= 15 is 0 Å². The lowest BCUT2D eigenvalue weighted by molar-refractivity contribution is 0.286. The summed E-state index contributed by atoms with van der Waals surface area (Å²) in [5, 5.41) is 7.58. The number of anilines is 2. The number of nitrogens with one attached hydrogen (secondary N) is 2. The average Bonchev–Trinajstić information content (AvgIpc) is 2.96. The van der Waals surface area contributed by atoms with Crippen LogP contribution in [0.2, 0.25) is 0 Å². The summed E-state index contributed by atoms with van der Waals surface area (Å²) < 4.78 is 0. The maximum atomic E-state index is 3.82. The van der Waals surface area contributed by atoms with E-state index in [2.05, 4.69) is 53.9 Å². The third-order valence-corrected chi connectivity index (χ3v) is 5.15. The topological polar surface area (TPSA) is 27.3 Å². The third kappa shape index (κ3) is 3.52. The van der Waals surface area contributed by atoms with Gasteiger partial charge < -0.3 is 15.5 Å².